The second-order valence-electron chi connectivity index (χ2n) is 5.11. The van der Waals surface area contributed by atoms with E-state index in [-0.39, 0.29) is 17.5 Å². The van der Waals surface area contributed by atoms with E-state index in [9.17, 15) is 9.59 Å². The predicted molar refractivity (Wildman–Crippen MR) is 78.1 cm³/mol. The van der Waals surface area contributed by atoms with Crippen LogP contribution in [0, 0.1) is 0 Å². The van der Waals surface area contributed by atoms with Gasteiger partial charge in [0.2, 0.25) is 0 Å². The van der Waals surface area contributed by atoms with Crippen LogP contribution < -0.4 is 16.2 Å². The number of hydrogen-bond donors (Lipinski definition) is 3. The summed E-state index contributed by atoms with van der Waals surface area (Å²) in [6.07, 6.45) is 3.49. The van der Waals surface area contributed by atoms with E-state index in [4.69, 9.17) is 4.42 Å². The number of hydrogen-bond acceptors (Lipinski definition) is 4. The van der Waals surface area contributed by atoms with Gasteiger partial charge in [-0.2, -0.15) is 0 Å². The summed E-state index contributed by atoms with van der Waals surface area (Å²) in [5.74, 6) is 0.228. The molecule has 3 N–H and O–H groups in total. The maximum absolute atomic E-state index is 12.1. The van der Waals surface area contributed by atoms with Crippen LogP contribution in [0.3, 0.4) is 0 Å². The fraction of sp³-hybridized carbons (Fsp3) is 0.333. The highest BCUT2D eigenvalue weighted by Gasteiger charge is 2.18. The number of rotatable bonds is 3. The Kier molecular flexibility index (Phi) is 3.87. The van der Waals surface area contributed by atoms with Crippen LogP contribution in [0.25, 0.3) is 11.5 Å². The van der Waals surface area contributed by atoms with Gasteiger partial charge >= 0.3 is 0 Å². The molecule has 1 unspecified atom stereocenters. The standard InChI is InChI=1S/C15H17N3O3/c19-14(17-10-3-1-7-16-9-10)11-5-6-12(18-15(11)20)13-4-2-8-21-13/h2,4-6,8,10,16H,1,3,7,9H2,(H,17,19)(H,18,20). The van der Waals surface area contributed by atoms with Crippen molar-refractivity contribution in [2.45, 2.75) is 18.9 Å². The summed E-state index contributed by atoms with van der Waals surface area (Å²) in [7, 11) is 0. The molecule has 1 aliphatic heterocycles. The number of H-pyrrole nitrogens is 1. The van der Waals surface area contributed by atoms with Gasteiger partial charge in [0.05, 0.1) is 12.0 Å². The van der Waals surface area contributed by atoms with Crippen molar-refractivity contribution in [2.75, 3.05) is 13.1 Å². The van der Waals surface area contributed by atoms with Crippen molar-refractivity contribution in [1.82, 2.24) is 15.6 Å². The summed E-state index contributed by atoms with van der Waals surface area (Å²) in [6.45, 7) is 1.72. The van der Waals surface area contributed by atoms with Crippen LogP contribution in [-0.2, 0) is 0 Å². The van der Waals surface area contributed by atoms with Crippen molar-refractivity contribution in [3.8, 4) is 11.5 Å². The zero-order chi connectivity index (χ0) is 14.7. The second-order valence-corrected chi connectivity index (χ2v) is 5.11. The van der Waals surface area contributed by atoms with Gasteiger partial charge in [-0.3, -0.25) is 9.59 Å². The van der Waals surface area contributed by atoms with Gasteiger partial charge in [0.15, 0.2) is 0 Å². The van der Waals surface area contributed by atoms with E-state index in [0.717, 1.165) is 25.9 Å². The number of carbonyl (C=O) groups excluding carboxylic acids is 1. The topological polar surface area (TPSA) is 87.1 Å². The average Bonchev–Trinajstić information content (AvgIpc) is 3.02. The molecule has 0 bridgehead atoms. The van der Waals surface area contributed by atoms with Gasteiger partial charge < -0.3 is 20.0 Å². The largest absolute Gasteiger partial charge is 0.463 e. The highest BCUT2D eigenvalue weighted by atomic mass is 16.3. The molecule has 6 heteroatoms. The molecule has 1 atom stereocenters. The fourth-order valence-corrected chi connectivity index (χ4v) is 2.47. The molecule has 1 aliphatic rings. The Morgan fingerprint density at radius 2 is 2.24 bits per heavy atom. The van der Waals surface area contributed by atoms with Crippen molar-refractivity contribution in [3.63, 3.8) is 0 Å². The number of piperidine rings is 1. The summed E-state index contributed by atoms with van der Waals surface area (Å²) >= 11 is 0. The lowest BCUT2D eigenvalue weighted by molar-refractivity contribution is 0.0929. The second kappa shape index (κ2) is 5.97. The van der Waals surface area contributed by atoms with Crippen LogP contribution in [-0.4, -0.2) is 30.0 Å². The fourth-order valence-electron chi connectivity index (χ4n) is 2.47. The number of aromatic nitrogens is 1. The molecule has 0 radical (unpaired) electrons. The van der Waals surface area contributed by atoms with E-state index in [1.807, 2.05) is 0 Å². The zero-order valence-electron chi connectivity index (χ0n) is 11.5. The Morgan fingerprint density at radius 1 is 1.33 bits per heavy atom. The van der Waals surface area contributed by atoms with Gasteiger partial charge in [-0.1, -0.05) is 0 Å². The van der Waals surface area contributed by atoms with Crippen LogP contribution in [0.1, 0.15) is 23.2 Å². The minimum Gasteiger partial charge on any atom is -0.463 e. The van der Waals surface area contributed by atoms with Crippen molar-refractivity contribution < 1.29 is 9.21 Å². The van der Waals surface area contributed by atoms with Crippen molar-refractivity contribution in [1.29, 1.82) is 0 Å². The first-order valence-corrected chi connectivity index (χ1v) is 7.03. The van der Waals surface area contributed by atoms with E-state index in [1.165, 1.54) is 12.3 Å². The van der Waals surface area contributed by atoms with Crippen LogP contribution in [0.4, 0.5) is 0 Å². The molecule has 1 saturated heterocycles. The van der Waals surface area contributed by atoms with E-state index in [2.05, 4.69) is 15.6 Å². The maximum Gasteiger partial charge on any atom is 0.261 e. The molecule has 6 nitrogen and oxygen atoms in total. The SMILES string of the molecule is O=C(NC1CCCNC1)c1ccc(-c2ccco2)[nH]c1=O. The molecule has 0 spiro atoms. The average molecular weight is 287 g/mol. The molecule has 1 amide bonds. The first kappa shape index (κ1) is 13.6. The molecule has 3 heterocycles. The maximum atomic E-state index is 12.1. The summed E-state index contributed by atoms with van der Waals surface area (Å²) in [5, 5.41) is 6.11. The van der Waals surface area contributed by atoms with Crippen LogP contribution in [0.15, 0.2) is 39.7 Å². The van der Waals surface area contributed by atoms with Crippen molar-refractivity contribution in [2.24, 2.45) is 0 Å². The minimum atomic E-state index is -0.412. The highest BCUT2D eigenvalue weighted by Crippen LogP contribution is 2.15. The van der Waals surface area contributed by atoms with E-state index >= 15 is 0 Å². The monoisotopic (exact) mass is 287 g/mol. The molecule has 0 saturated carbocycles. The smallest absolute Gasteiger partial charge is 0.261 e. The third-order valence-electron chi connectivity index (χ3n) is 3.57. The first-order chi connectivity index (χ1) is 10.2. The molecule has 0 aliphatic carbocycles. The quantitative estimate of drug-likeness (QED) is 0.789. The molecule has 3 rings (SSSR count). The van der Waals surface area contributed by atoms with Gasteiger partial charge in [-0.15, -0.1) is 0 Å². The lowest BCUT2D eigenvalue weighted by Crippen LogP contribution is -2.46. The van der Waals surface area contributed by atoms with Gasteiger partial charge in [-0.25, -0.2) is 0 Å². The Bertz CT molecular complexity index is 670. The van der Waals surface area contributed by atoms with Crippen molar-refractivity contribution >= 4 is 5.91 Å². The number of furan rings is 1. The Labute approximate surface area is 121 Å². The highest BCUT2D eigenvalue weighted by molar-refractivity contribution is 5.94. The summed E-state index contributed by atoms with van der Waals surface area (Å²) < 4.78 is 5.22. The molecule has 2 aromatic rings. The van der Waals surface area contributed by atoms with Crippen molar-refractivity contribution in [3.05, 3.63) is 46.4 Å². The number of aromatic amines is 1. The Hall–Kier alpha value is -2.34. The third-order valence-corrected chi connectivity index (χ3v) is 3.57. The molecule has 1 fully saturated rings. The van der Waals surface area contributed by atoms with Gasteiger partial charge in [-0.05, 0) is 43.7 Å². The zero-order valence-corrected chi connectivity index (χ0v) is 11.5. The molecular weight excluding hydrogens is 270 g/mol. The molecule has 0 aromatic carbocycles. The van der Waals surface area contributed by atoms with Crippen LogP contribution in [0.2, 0.25) is 0 Å². The Morgan fingerprint density at radius 3 is 2.90 bits per heavy atom. The summed E-state index contributed by atoms with van der Waals surface area (Å²) in [5.41, 5.74) is 0.266. The van der Waals surface area contributed by atoms with E-state index < -0.39 is 5.56 Å². The summed E-state index contributed by atoms with van der Waals surface area (Å²) in [4.78, 5) is 26.9. The van der Waals surface area contributed by atoms with Gasteiger partial charge in [0, 0.05) is 12.6 Å². The molecule has 21 heavy (non-hydrogen) atoms. The first-order valence-electron chi connectivity index (χ1n) is 7.03. The predicted octanol–water partition coefficient (Wildman–Crippen LogP) is 1.12. The van der Waals surface area contributed by atoms with Gasteiger partial charge in [0.1, 0.15) is 11.3 Å². The number of nitrogens with one attached hydrogen (secondary N) is 3. The van der Waals surface area contributed by atoms with Crippen LogP contribution >= 0.6 is 0 Å². The number of amides is 1. The number of carbonyl (C=O) groups is 1. The van der Waals surface area contributed by atoms with E-state index in [1.54, 1.807) is 18.2 Å². The molecule has 110 valence electrons. The van der Waals surface area contributed by atoms with Gasteiger partial charge in [0.25, 0.3) is 11.5 Å². The van der Waals surface area contributed by atoms with E-state index in [0.29, 0.717) is 11.5 Å². The normalized spacial score (nSPS) is 18.4. The lowest BCUT2D eigenvalue weighted by Gasteiger charge is -2.23. The molecule has 2 aromatic heterocycles. The van der Waals surface area contributed by atoms with Crippen LogP contribution in [0.5, 0.6) is 0 Å². The lowest BCUT2D eigenvalue weighted by atomic mass is 10.1. The molecular formula is C15H17N3O3. The number of pyridine rings is 1. The third kappa shape index (κ3) is 3.05. The minimum absolute atomic E-state index is 0.0791. The Balaban J connectivity index is 1.76. The summed E-state index contributed by atoms with van der Waals surface area (Å²) in [6, 6.07) is 6.77.